The number of pyridine rings is 1. The lowest BCUT2D eigenvalue weighted by Gasteiger charge is -2.12. The summed E-state index contributed by atoms with van der Waals surface area (Å²) < 4.78 is 5.22. The van der Waals surface area contributed by atoms with E-state index in [9.17, 15) is 9.59 Å². The minimum atomic E-state index is -0.443. The molecule has 0 unspecified atom stereocenters. The van der Waals surface area contributed by atoms with Gasteiger partial charge in [-0.05, 0) is 43.2 Å². The standard InChI is InChI=1S/C19H20ClN3O3/c1-26-17-10-9-12(20)11-16(17)23-19(25)15-8-4-7-14(22-15)18(24)21-13-5-2-3-6-13/h4,7-11,13H,2-3,5-6H2,1H3,(H,21,24)(H,23,25). The van der Waals surface area contributed by atoms with Crippen LogP contribution in [0.1, 0.15) is 46.7 Å². The Morgan fingerprint density at radius 2 is 1.81 bits per heavy atom. The molecule has 1 aromatic carbocycles. The fourth-order valence-electron chi connectivity index (χ4n) is 2.98. The molecule has 1 fully saturated rings. The zero-order chi connectivity index (χ0) is 18.5. The Morgan fingerprint density at radius 3 is 2.50 bits per heavy atom. The third kappa shape index (κ3) is 4.32. The van der Waals surface area contributed by atoms with Crippen molar-refractivity contribution in [3.05, 3.63) is 52.8 Å². The summed E-state index contributed by atoms with van der Waals surface area (Å²) in [4.78, 5) is 29.0. The molecule has 3 rings (SSSR count). The van der Waals surface area contributed by atoms with Crippen LogP contribution in [0.4, 0.5) is 5.69 Å². The smallest absolute Gasteiger partial charge is 0.274 e. The number of carbonyl (C=O) groups is 2. The Labute approximate surface area is 156 Å². The minimum Gasteiger partial charge on any atom is -0.495 e. The van der Waals surface area contributed by atoms with Gasteiger partial charge in [0.2, 0.25) is 0 Å². The molecule has 2 aromatic rings. The van der Waals surface area contributed by atoms with Gasteiger partial charge in [0.05, 0.1) is 12.8 Å². The van der Waals surface area contributed by atoms with E-state index in [0.29, 0.717) is 16.5 Å². The summed E-state index contributed by atoms with van der Waals surface area (Å²) in [5, 5.41) is 6.15. The van der Waals surface area contributed by atoms with Crippen LogP contribution < -0.4 is 15.4 Å². The van der Waals surface area contributed by atoms with Crippen LogP contribution >= 0.6 is 11.6 Å². The molecule has 0 spiro atoms. The number of ether oxygens (including phenoxy) is 1. The second-order valence-electron chi connectivity index (χ2n) is 6.16. The summed E-state index contributed by atoms with van der Waals surface area (Å²) in [6.07, 6.45) is 4.23. The van der Waals surface area contributed by atoms with E-state index in [0.717, 1.165) is 25.7 Å². The van der Waals surface area contributed by atoms with Crippen LogP contribution in [0.3, 0.4) is 0 Å². The second kappa shape index (κ2) is 8.19. The molecule has 0 radical (unpaired) electrons. The zero-order valence-corrected chi connectivity index (χ0v) is 15.2. The van der Waals surface area contributed by atoms with Crippen LogP contribution in [-0.2, 0) is 0 Å². The number of hydrogen-bond donors (Lipinski definition) is 2. The molecule has 2 N–H and O–H groups in total. The number of aromatic nitrogens is 1. The lowest BCUT2D eigenvalue weighted by atomic mass is 10.2. The van der Waals surface area contributed by atoms with Gasteiger partial charge in [-0.25, -0.2) is 4.98 Å². The molecular weight excluding hydrogens is 354 g/mol. The van der Waals surface area contributed by atoms with E-state index < -0.39 is 5.91 Å². The van der Waals surface area contributed by atoms with E-state index in [1.54, 1.807) is 36.4 Å². The van der Waals surface area contributed by atoms with Gasteiger partial charge in [-0.1, -0.05) is 30.5 Å². The maximum atomic E-state index is 12.5. The molecule has 26 heavy (non-hydrogen) atoms. The van der Waals surface area contributed by atoms with Gasteiger partial charge in [0, 0.05) is 11.1 Å². The third-order valence-corrected chi connectivity index (χ3v) is 4.55. The minimum absolute atomic E-state index is 0.145. The van der Waals surface area contributed by atoms with Crippen molar-refractivity contribution in [2.24, 2.45) is 0 Å². The molecule has 1 aliphatic carbocycles. The molecule has 2 amide bonds. The van der Waals surface area contributed by atoms with Crippen LogP contribution in [0.15, 0.2) is 36.4 Å². The van der Waals surface area contributed by atoms with E-state index in [-0.39, 0.29) is 23.3 Å². The molecule has 1 saturated carbocycles. The number of nitrogens with zero attached hydrogens (tertiary/aromatic N) is 1. The van der Waals surface area contributed by atoms with Gasteiger partial charge in [0.1, 0.15) is 17.1 Å². The largest absolute Gasteiger partial charge is 0.495 e. The lowest BCUT2D eigenvalue weighted by Crippen LogP contribution is -2.33. The molecule has 6 nitrogen and oxygen atoms in total. The Morgan fingerprint density at radius 1 is 1.12 bits per heavy atom. The number of hydrogen-bond acceptors (Lipinski definition) is 4. The molecule has 7 heteroatoms. The van der Waals surface area contributed by atoms with Crippen molar-refractivity contribution in [2.45, 2.75) is 31.7 Å². The topological polar surface area (TPSA) is 80.3 Å². The van der Waals surface area contributed by atoms with E-state index in [1.807, 2.05) is 0 Å². The van der Waals surface area contributed by atoms with E-state index in [2.05, 4.69) is 15.6 Å². The summed E-state index contributed by atoms with van der Waals surface area (Å²) >= 11 is 5.98. The van der Waals surface area contributed by atoms with Crippen LogP contribution in [0.5, 0.6) is 5.75 Å². The normalized spacial score (nSPS) is 14.1. The lowest BCUT2D eigenvalue weighted by molar-refractivity contribution is 0.0932. The molecule has 1 aliphatic rings. The second-order valence-corrected chi connectivity index (χ2v) is 6.60. The summed E-state index contributed by atoms with van der Waals surface area (Å²) in [6.45, 7) is 0. The number of amides is 2. The zero-order valence-electron chi connectivity index (χ0n) is 14.4. The van der Waals surface area contributed by atoms with Crippen LogP contribution in [0, 0.1) is 0 Å². The molecule has 0 saturated heterocycles. The molecule has 1 aromatic heterocycles. The number of carbonyl (C=O) groups excluding carboxylic acids is 2. The fraction of sp³-hybridized carbons (Fsp3) is 0.316. The van der Waals surface area contributed by atoms with Crippen molar-refractivity contribution in [3.63, 3.8) is 0 Å². The van der Waals surface area contributed by atoms with Gasteiger partial charge in [-0.15, -0.1) is 0 Å². The number of methoxy groups -OCH3 is 1. The maximum Gasteiger partial charge on any atom is 0.274 e. The highest BCUT2D eigenvalue weighted by molar-refractivity contribution is 6.31. The number of halogens is 1. The molecule has 0 atom stereocenters. The van der Waals surface area contributed by atoms with Gasteiger partial charge in [0.25, 0.3) is 11.8 Å². The maximum absolute atomic E-state index is 12.5. The van der Waals surface area contributed by atoms with Gasteiger partial charge in [-0.2, -0.15) is 0 Å². The summed E-state index contributed by atoms with van der Waals surface area (Å²) in [5.74, 6) is -0.217. The average Bonchev–Trinajstić information content (AvgIpc) is 3.15. The molecular formula is C19H20ClN3O3. The van der Waals surface area contributed by atoms with Crippen molar-refractivity contribution >= 4 is 29.1 Å². The van der Waals surface area contributed by atoms with Crippen molar-refractivity contribution in [3.8, 4) is 5.75 Å². The number of nitrogens with one attached hydrogen (secondary N) is 2. The predicted molar refractivity (Wildman–Crippen MR) is 99.9 cm³/mol. The first-order chi connectivity index (χ1) is 12.6. The highest BCUT2D eigenvalue weighted by Crippen LogP contribution is 2.28. The molecule has 1 heterocycles. The number of rotatable bonds is 5. The highest BCUT2D eigenvalue weighted by Gasteiger charge is 2.20. The first kappa shape index (κ1) is 18.2. The SMILES string of the molecule is COc1ccc(Cl)cc1NC(=O)c1cccc(C(=O)NC2CCCC2)n1. The van der Waals surface area contributed by atoms with Crippen molar-refractivity contribution in [1.82, 2.24) is 10.3 Å². The number of benzene rings is 1. The van der Waals surface area contributed by atoms with Gasteiger partial charge >= 0.3 is 0 Å². The molecule has 0 bridgehead atoms. The Balaban J connectivity index is 1.74. The van der Waals surface area contributed by atoms with Crippen LogP contribution in [0.2, 0.25) is 5.02 Å². The first-order valence-corrected chi connectivity index (χ1v) is 8.87. The Hall–Kier alpha value is -2.60. The third-order valence-electron chi connectivity index (χ3n) is 4.31. The quantitative estimate of drug-likeness (QED) is 0.838. The molecule has 136 valence electrons. The monoisotopic (exact) mass is 373 g/mol. The summed E-state index contributed by atoms with van der Waals surface area (Å²) in [6, 6.07) is 9.91. The van der Waals surface area contributed by atoms with Crippen molar-refractivity contribution in [2.75, 3.05) is 12.4 Å². The van der Waals surface area contributed by atoms with Gasteiger partial charge in [0.15, 0.2) is 0 Å². The first-order valence-electron chi connectivity index (χ1n) is 8.49. The summed E-state index contributed by atoms with van der Waals surface area (Å²) in [7, 11) is 1.51. The Kier molecular flexibility index (Phi) is 5.73. The Bertz CT molecular complexity index is 819. The van der Waals surface area contributed by atoms with Crippen LogP contribution in [-0.4, -0.2) is 29.9 Å². The van der Waals surface area contributed by atoms with Crippen molar-refractivity contribution in [1.29, 1.82) is 0 Å². The average molecular weight is 374 g/mol. The van der Waals surface area contributed by atoms with Crippen molar-refractivity contribution < 1.29 is 14.3 Å². The van der Waals surface area contributed by atoms with Crippen LogP contribution in [0.25, 0.3) is 0 Å². The van der Waals surface area contributed by atoms with E-state index in [1.165, 1.54) is 7.11 Å². The number of anilines is 1. The van der Waals surface area contributed by atoms with Gasteiger partial charge < -0.3 is 15.4 Å². The van der Waals surface area contributed by atoms with Gasteiger partial charge in [-0.3, -0.25) is 9.59 Å². The summed E-state index contributed by atoms with van der Waals surface area (Å²) in [5.41, 5.74) is 0.807. The fourth-order valence-corrected chi connectivity index (χ4v) is 3.15. The predicted octanol–water partition coefficient (Wildman–Crippen LogP) is 3.67. The highest BCUT2D eigenvalue weighted by atomic mass is 35.5. The van der Waals surface area contributed by atoms with E-state index in [4.69, 9.17) is 16.3 Å². The molecule has 0 aliphatic heterocycles. The van der Waals surface area contributed by atoms with E-state index >= 15 is 0 Å².